The standard InChI is InChI=1S/C20H32O6/c1-20(2,3)19-16-24-13-12-22-9-8-21-10-11-23-14-15-25-17-6-4-5-7-18(17)26-19/h4-7,19H,8-16H2,1-3H3. The number of hydrogen-bond donors (Lipinski definition) is 0. The molecular weight excluding hydrogens is 336 g/mol. The summed E-state index contributed by atoms with van der Waals surface area (Å²) in [7, 11) is 0. The van der Waals surface area contributed by atoms with Crippen LogP contribution in [0.4, 0.5) is 0 Å². The lowest BCUT2D eigenvalue weighted by molar-refractivity contribution is -0.0357. The van der Waals surface area contributed by atoms with Crippen molar-refractivity contribution in [2.75, 3.05) is 59.5 Å². The first-order chi connectivity index (χ1) is 12.6. The summed E-state index contributed by atoms with van der Waals surface area (Å²) in [5, 5.41) is 0. The van der Waals surface area contributed by atoms with Gasteiger partial charge in [0, 0.05) is 5.41 Å². The molecule has 0 aromatic heterocycles. The first kappa shape index (κ1) is 21.0. The molecule has 0 saturated carbocycles. The summed E-state index contributed by atoms with van der Waals surface area (Å²) in [6.07, 6.45) is -0.106. The Morgan fingerprint density at radius 3 is 1.77 bits per heavy atom. The van der Waals surface area contributed by atoms with E-state index < -0.39 is 0 Å². The summed E-state index contributed by atoms with van der Waals surface area (Å²) >= 11 is 0. The summed E-state index contributed by atoms with van der Waals surface area (Å²) in [4.78, 5) is 0. The second-order valence-corrected chi connectivity index (χ2v) is 7.18. The van der Waals surface area contributed by atoms with Gasteiger partial charge in [0.2, 0.25) is 0 Å². The highest BCUT2D eigenvalue weighted by Crippen LogP contribution is 2.31. The Balaban J connectivity index is 2.01. The second-order valence-electron chi connectivity index (χ2n) is 7.18. The molecule has 6 heteroatoms. The molecule has 0 spiro atoms. The van der Waals surface area contributed by atoms with Crippen LogP contribution in [0.25, 0.3) is 0 Å². The van der Waals surface area contributed by atoms with Crippen LogP contribution in [0.2, 0.25) is 0 Å². The van der Waals surface area contributed by atoms with Crippen molar-refractivity contribution < 1.29 is 28.4 Å². The molecule has 1 aromatic rings. The van der Waals surface area contributed by atoms with Gasteiger partial charge in [0.05, 0.1) is 52.9 Å². The van der Waals surface area contributed by atoms with Gasteiger partial charge in [-0.15, -0.1) is 0 Å². The highest BCUT2D eigenvalue weighted by atomic mass is 16.6. The molecular formula is C20H32O6. The highest BCUT2D eigenvalue weighted by Gasteiger charge is 2.27. The van der Waals surface area contributed by atoms with Crippen molar-refractivity contribution in [3.63, 3.8) is 0 Å². The Kier molecular flexibility index (Phi) is 9.18. The number of ether oxygens (including phenoxy) is 6. The zero-order valence-corrected chi connectivity index (χ0v) is 16.2. The number of para-hydroxylation sites is 2. The van der Waals surface area contributed by atoms with E-state index >= 15 is 0 Å². The molecule has 1 aliphatic heterocycles. The molecule has 0 radical (unpaired) electrons. The molecule has 0 amide bonds. The van der Waals surface area contributed by atoms with Crippen LogP contribution in [0.3, 0.4) is 0 Å². The molecule has 0 aliphatic carbocycles. The lowest BCUT2D eigenvalue weighted by atomic mass is 9.89. The van der Waals surface area contributed by atoms with Gasteiger partial charge in [-0.3, -0.25) is 0 Å². The summed E-state index contributed by atoms with van der Waals surface area (Å²) in [5.41, 5.74) is -0.0776. The predicted octanol–water partition coefficient (Wildman–Crippen LogP) is 2.94. The van der Waals surface area contributed by atoms with Gasteiger partial charge in [-0.2, -0.15) is 0 Å². The number of benzene rings is 1. The van der Waals surface area contributed by atoms with Crippen LogP contribution >= 0.6 is 0 Å². The Bertz CT molecular complexity index is 499. The second kappa shape index (κ2) is 11.4. The van der Waals surface area contributed by atoms with Crippen LogP contribution in [-0.2, 0) is 18.9 Å². The molecule has 1 atom stereocenters. The van der Waals surface area contributed by atoms with Gasteiger partial charge < -0.3 is 28.4 Å². The zero-order chi connectivity index (χ0) is 18.7. The summed E-state index contributed by atoms with van der Waals surface area (Å²) in [5.74, 6) is 1.43. The SMILES string of the molecule is CC(C)(C)C1COCCOCCOCCOCCOc2ccccc2O1. The Morgan fingerprint density at radius 2 is 1.19 bits per heavy atom. The van der Waals surface area contributed by atoms with E-state index in [1.165, 1.54) is 0 Å². The number of hydrogen-bond acceptors (Lipinski definition) is 6. The van der Waals surface area contributed by atoms with E-state index in [2.05, 4.69) is 20.8 Å². The summed E-state index contributed by atoms with van der Waals surface area (Å²) in [6, 6.07) is 7.70. The Labute approximate surface area is 156 Å². The van der Waals surface area contributed by atoms with Gasteiger partial charge in [0.1, 0.15) is 12.7 Å². The van der Waals surface area contributed by atoms with Crippen LogP contribution in [0.1, 0.15) is 20.8 Å². The van der Waals surface area contributed by atoms with Crippen molar-refractivity contribution in [3.05, 3.63) is 24.3 Å². The molecule has 1 heterocycles. The lowest BCUT2D eigenvalue weighted by Gasteiger charge is -2.31. The molecule has 148 valence electrons. The van der Waals surface area contributed by atoms with Crippen LogP contribution < -0.4 is 9.47 Å². The van der Waals surface area contributed by atoms with Crippen molar-refractivity contribution in [2.45, 2.75) is 26.9 Å². The maximum Gasteiger partial charge on any atom is 0.161 e. The Morgan fingerprint density at radius 1 is 0.692 bits per heavy atom. The first-order valence-corrected chi connectivity index (χ1v) is 9.27. The third-order valence-electron chi connectivity index (χ3n) is 3.95. The van der Waals surface area contributed by atoms with Gasteiger partial charge in [-0.1, -0.05) is 32.9 Å². The largest absolute Gasteiger partial charge is 0.487 e. The monoisotopic (exact) mass is 368 g/mol. The van der Waals surface area contributed by atoms with Crippen LogP contribution in [0.5, 0.6) is 11.5 Å². The van der Waals surface area contributed by atoms with Crippen molar-refractivity contribution in [3.8, 4) is 11.5 Å². The molecule has 0 saturated heterocycles. The molecule has 0 fully saturated rings. The molecule has 6 nitrogen and oxygen atoms in total. The maximum atomic E-state index is 6.25. The van der Waals surface area contributed by atoms with E-state index in [1.807, 2.05) is 24.3 Å². The highest BCUT2D eigenvalue weighted by molar-refractivity contribution is 5.39. The molecule has 0 bridgehead atoms. The minimum absolute atomic E-state index is 0.0776. The molecule has 0 N–H and O–H groups in total. The average Bonchev–Trinajstić information content (AvgIpc) is 2.60. The third kappa shape index (κ3) is 7.91. The average molecular weight is 368 g/mol. The van der Waals surface area contributed by atoms with Crippen molar-refractivity contribution in [1.29, 1.82) is 0 Å². The van der Waals surface area contributed by atoms with Crippen LogP contribution in [0, 0.1) is 5.41 Å². The van der Waals surface area contributed by atoms with Gasteiger partial charge in [0.25, 0.3) is 0 Å². The minimum Gasteiger partial charge on any atom is -0.487 e. The third-order valence-corrected chi connectivity index (χ3v) is 3.95. The lowest BCUT2D eigenvalue weighted by Crippen LogP contribution is -2.37. The zero-order valence-electron chi connectivity index (χ0n) is 16.2. The fourth-order valence-corrected chi connectivity index (χ4v) is 2.34. The molecule has 26 heavy (non-hydrogen) atoms. The quantitative estimate of drug-likeness (QED) is 0.702. The van der Waals surface area contributed by atoms with Gasteiger partial charge in [-0.05, 0) is 12.1 Å². The summed E-state index contributed by atoms with van der Waals surface area (Å²) < 4.78 is 34.3. The molecule has 1 unspecified atom stereocenters. The summed E-state index contributed by atoms with van der Waals surface area (Å²) in [6.45, 7) is 11.1. The van der Waals surface area contributed by atoms with E-state index in [9.17, 15) is 0 Å². The number of rotatable bonds is 0. The first-order valence-electron chi connectivity index (χ1n) is 9.27. The van der Waals surface area contributed by atoms with Crippen molar-refractivity contribution in [1.82, 2.24) is 0 Å². The van der Waals surface area contributed by atoms with Gasteiger partial charge in [-0.25, -0.2) is 0 Å². The maximum absolute atomic E-state index is 6.25. The van der Waals surface area contributed by atoms with E-state index in [4.69, 9.17) is 28.4 Å². The van der Waals surface area contributed by atoms with E-state index in [0.717, 1.165) is 5.75 Å². The fraction of sp³-hybridized carbons (Fsp3) is 0.700. The van der Waals surface area contributed by atoms with Crippen molar-refractivity contribution in [2.24, 2.45) is 5.41 Å². The van der Waals surface area contributed by atoms with Crippen molar-refractivity contribution >= 4 is 0 Å². The fourth-order valence-electron chi connectivity index (χ4n) is 2.34. The normalized spacial score (nSPS) is 22.2. The van der Waals surface area contributed by atoms with E-state index in [1.54, 1.807) is 0 Å². The van der Waals surface area contributed by atoms with Gasteiger partial charge in [0.15, 0.2) is 11.5 Å². The Hall–Kier alpha value is -1.34. The molecule has 1 aromatic carbocycles. The van der Waals surface area contributed by atoms with E-state index in [-0.39, 0.29) is 11.5 Å². The smallest absolute Gasteiger partial charge is 0.161 e. The number of fused-ring (bicyclic) bond motifs is 1. The molecule has 1 aliphatic rings. The topological polar surface area (TPSA) is 55.4 Å². The van der Waals surface area contributed by atoms with Crippen LogP contribution in [-0.4, -0.2) is 65.6 Å². The van der Waals surface area contributed by atoms with Gasteiger partial charge >= 0.3 is 0 Å². The molecule has 2 rings (SSSR count). The van der Waals surface area contributed by atoms with Crippen LogP contribution in [0.15, 0.2) is 24.3 Å². The predicted molar refractivity (Wildman–Crippen MR) is 99.1 cm³/mol. The van der Waals surface area contributed by atoms with E-state index in [0.29, 0.717) is 65.2 Å². The minimum atomic E-state index is -0.106.